The summed E-state index contributed by atoms with van der Waals surface area (Å²) in [7, 11) is 0. The number of carbonyl (C=O) groups excluding carboxylic acids is 2. The van der Waals surface area contributed by atoms with Crippen LogP contribution in [-0.4, -0.2) is 22.5 Å². The van der Waals surface area contributed by atoms with Crippen molar-refractivity contribution in [3.63, 3.8) is 0 Å². The highest BCUT2D eigenvalue weighted by molar-refractivity contribution is 6.36. The third-order valence-electron chi connectivity index (χ3n) is 7.09. The van der Waals surface area contributed by atoms with Crippen LogP contribution in [0.15, 0.2) is 36.4 Å². The fraction of sp³-hybridized carbons (Fsp3) is 0.417. The summed E-state index contributed by atoms with van der Waals surface area (Å²) in [5.74, 6) is 1.38. The first kappa shape index (κ1) is 20.7. The zero-order valence-corrected chi connectivity index (χ0v) is 18.5. The summed E-state index contributed by atoms with van der Waals surface area (Å²) in [6.45, 7) is 0. The summed E-state index contributed by atoms with van der Waals surface area (Å²) in [5, 5.41) is 16.4. The van der Waals surface area contributed by atoms with Gasteiger partial charge in [-0.3, -0.25) is 9.59 Å². The molecule has 0 unspecified atom stereocenters. The van der Waals surface area contributed by atoms with Gasteiger partial charge in [-0.2, -0.15) is 0 Å². The fourth-order valence-corrected chi connectivity index (χ4v) is 6.71. The Balaban J connectivity index is 1.26. The number of benzene rings is 2. The molecule has 4 aliphatic carbocycles. The molecule has 0 heterocycles. The van der Waals surface area contributed by atoms with Crippen LogP contribution < -0.4 is 10.6 Å². The van der Waals surface area contributed by atoms with Crippen LogP contribution in [-0.2, 0) is 0 Å². The Morgan fingerprint density at radius 1 is 0.903 bits per heavy atom. The molecule has 0 spiro atoms. The van der Waals surface area contributed by atoms with Crippen molar-refractivity contribution in [2.24, 2.45) is 17.8 Å². The Morgan fingerprint density at radius 3 is 2.06 bits per heavy atom. The third-order valence-corrected chi connectivity index (χ3v) is 7.60. The van der Waals surface area contributed by atoms with Crippen molar-refractivity contribution in [2.75, 3.05) is 5.32 Å². The highest BCUT2D eigenvalue weighted by atomic mass is 35.5. The molecular formula is C24H24Cl2N2O3. The van der Waals surface area contributed by atoms with E-state index in [1.807, 2.05) is 0 Å². The number of aromatic hydroxyl groups is 1. The van der Waals surface area contributed by atoms with Crippen molar-refractivity contribution in [2.45, 2.75) is 44.1 Å². The highest BCUT2D eigenvalue weighted by Gasteiger charge is 2.51. The standard InChI is InChI=1S/C24H24Cl2N2O3/c25-17-8-19(21(29)20(26)9-17)23(31)27-18-3-1-16(2-4-18)22(30)28-24-10-13-5-14(11-24)7-15(6-13)12-24/h1-4,8-9,13-15,29H,5-7,10-12H2,(H,27,31)(H,28,30). The predicted molar refractivity (Wildman–Crippen MR) is 121 cm³/mol. The molecule has 4 saturated carbocycles. The minimum atomic E-state index is -0.535. The largest absolute Gasteiger partial charge is 0.506 e. The number of rotatable bonds is 4. The third kappa shape index (κ3) is 4.01. The Labute approximate surface area is 191 Å². The maximum Gasteiger partial charge on any atom is 0.259 e. The lowest BCUT2D eigenvalue weighted by atomic mass is 9.53. The molecular weight excluding hydrogens is 435 g/mol. The molecule has 2 amide bonds. The molecule has 7 heteroatoms. The van der Waals surface area contributed by atoms with E-state index < -0.39 is 5.91 Å². The number of hydrogen-bond acceptors (Lipinski definition) is 3. The van der Waals surface area contributed by atoms with Crippen LogP contribution >= 0.6 is 23.2 Å². The van der Waals surface area contributed by atoms with E-state index in [0.717, 1.165) is 37.0 Å². The molecule has 0 saturated heterocycles. The van der Waals surface area contributed by atoms with Crippen LogP contribution in [0.1, 0.15) is 59.2 Å². The number of anilines is 1. The SMILES string of the molecule is O=C(NC12CC3CC(CC(C3)C1)C2)c1ccc(NC(=O)c2cc(Cl)cc(Cl)c2O)cc1. The zero-order valence-electron chi connectivity index (χ0n) is 17.0. The number of amides is 2. The maximum absolute atomic E-state index is 12.9. The van der Waals surface area contributed by atoms with Crippen LogP contribution in [0, 0.1) is 17.8 Å². The minimum Gasteiger partial charge on any atom is -0.506 e. The van der Waals surface area contributed by atoms with Gasteiger partial charge in [-0.15, -0.1) is 0 Å². The van der Waals surface area contributed by atoms with Gasteiger partial charge in [-0.1, -0.05) is 23.2 Å². The summed E-state index contributed by atoms with van der Waals surface area (Å²) in [6, 6.07) is 9.48. The molecule has 5 nitrogen and oxygen atoms in total. The average molecular weight is 459 g/mol. The zero-order chi connectivity index (χ0) is 21.8. The minimum absolute atomic E-state index is 0.00865. The summed E-state index contributed by atoms with van der Waals surface area (Å²) in [5.41, 5.74) is 1.03. The Kier molecular flexibility index (Phi) is 5.14. The lowest BCUT2D eigenvalue weighted by Crippen LogP contribution is -2.59. The second-order valence-electron chi connectivity index (χ2n) is 9.47. The quantitative estimate of drug-likeness (QED) is 0.553. The van der Waals surface area contributed by atoms with Crippen LogP contribution in [0.5, 0.6) is 5.75 Å². The molecule has 2 aromatic rings. The van der Waals surface area contributed by atoms with E-state index in [9.17, 15) is 14.7 Å². The van der Waals surface area contributed by atoms with Crippen LogP contribution in [0.4, 0.5) is 5.69 Å². The second kappa shape index (κ2) is 7.72. The van der Waals surface area contributed by atoms with Crippen molar-refractivity contribution in [3.05, 3.63) is 57.6 Å². The van der Waals surface area contributed by atoms with Crippen LogP contribution in [0.3, 0.4) is 0 Å². The van der Waals surface area contributed by atoms with E-state index in [-0.39, 0.29) is 32.8 Å². The van der Waals surface area contributed by atoms with E-state index >= 15 is 0 Å². The first-order valence-corrected chi connectivity index (χ1v) is 11.5. The summed E-state index contributed by atoms with van der Waals surface area (Å²) >= 11 is 11.8. The average Bonchev–Trinajstić information content (AvgIpc) is 2.69. The number of hydrogen-bond donors (Lipinski definition) is 3. The first-order chi connectivity index (χ1) is 14.8. The van der Waals surface area contributed by atoms with Crippen molar-refractivity contribution in [1.29, 1.82) is 0 Å². The molecule has 2 aromatic carbocycles. The smallest absolute Gasteiger partial charge is 0.259 e. The molecule has 0 aliphatic heterocycles. The van der Waals surface area contributed by atoms with Crippen molar-refractivity contribution in [1.82, 2.24) is 5.32 Å². The van der Waals surface area contributed by atoms with Gasteiger partial charge < -0.3 is 15.7 Å². The van der Waals surface area contributed by atoms with E-state index in [1.165, 1.54) is 31.4 Å². The van der Waals surface area contributed by atoms with Gasteiger partial charge in [0.2, 0.25) is 0 Å². The lowest BCUT2D eigenvalue weighted by molar-refractivity contribution is -0.0167. The van der Waals surface area contributed by atoms with Gasteiger partial charge in [0.15, 0.2) is 0 Å². The van der Waals surface area contributed by atoms with Crippen molar-refractivity contribution >= 4 is 40.7 Å². The van der Waals surface area contributed by atoms with Gasteiger partial charge in [-0.25, -0.2) is 0 Å². The van der Waals surface area contributed by atoms with Gasteiger partial charge >= 0.3 is 0 Å². The first-order valence-electron chi connectivity index (χ1n) is 10.7. The Bertz CT molecular complexity index is 1020. The molecule has 162 valence electrons. The summed E-state index contributed by atoms with van der Waals surface area (Å²) in [4.78, 5) is 25.4. The summed E-state index contributed by atoms with van der Waals surface area (Å²) < 4.78 is 0. The van der Waals surface area contributed by atoms with Gasteiger partial charge in [0.1, 0.15) is 5.75 Å². The molecule has 4 fully saturated rings. The predicted octanol–water partition coefficient (Wildman–Crippen LogP) is 5.65. The van der Waals surface area contributed by atoms with E-state index in [1.54, 1.807) is 24.3 Å². The Hall–Kier alpha value is -2.24. The van der Waals surface area contributed by atoms with Gasteiger partial charge in [0.25, 0.3) is 11.8 Å². The molecule has 4 bridgehead atoms. The molecule has 0 aromatic heterocycles. The van der Waals surface area contributed by atoms with Gasteiger partial charge in [0.05, 0.1) is 10.6 Å². The molecule has 0 radical (unpaired) electrons. The molecule has 6 rings (SSSR count). The number of halogens is 2. The normalized spacial score (nSPS) is 28.4. The number of phenols is 1. The van der Waals surface area contributed by atoms with Crippen molar-refractivity contribution in [3.8, 4) is 5.75 Å². The fourth-order valence-electron chi connectivity index (χ4n) is 6.22. The monoisotopic (exact) mass is 458 g/mol. The van der Waals surface area contributed by atoms with E-state index in [0.29, 0.717) is 11.3 Å². The summed E-state index contributed by atoms with van der Waals surface area (Å²) in [6.07, 6.45) is 7.30. The number of nitrogens with one attached hydrogen (secondary N) is 2. The van der Waals surface area contributed by atoms with Crippen LogP contribution in [0.25, 0.3) is 0 Å². The molecule has 3 N–H and O–H groups in total. The number of carbonyl (C=O) groups is 2. The molecule has 0 atom stereocenters. The number of phenolic OH excluding ortho intramolecular Hbond substituents is 1. The van der Waals surface area contributed by atoms with E-state index in [2.05, 4.69) is 10.6 Å². The highest BCUT2D eigenvalue weighted by Crippen LogP contribution is 2.55. The van der Waals surface area contributed by atoms with Crippen molar-refractivity contribution < 1.29 is 14.7 Å². The maximum atomic E-state index is 12.9. The second-order valence-corrected chi connectivity index (χ2v) is 10.3. The van der Waals surface area contributed by atoms with Crippen LogP contribution in [0.2, 0.25) is 10.0 Å². The van der Waals surface area contributed by atoms with E-state index in [4.69, 9.17) is 23.2 Å². The molecule has 31 heavy (non-hydrogen) atoms. The molecule has 4 aliphatic rings. The topological polar surface area (TPSA) is 78.4 Å². The Morgan fingerprint density at radius 2 is 1.48 bits per heavy atom. The van der Waals surface area contributed by atoms with Gasteiger partial charge in [0, 0.05) is 21.8 Å². The van der Waals surface area contributed by atoms with Gasteiger partial charge in [-0.05, 0) is 92.7 Å². The lowest BCUT2D eigenvalue weighted by Gasteiger charge is -2.56.